The number of ketones is 2. The summed E-state index contributed by atoms with van der Waals surface area (Å²) in [5, 5.41) is 8.49. The van der Waals surface area contributed by atoms with Gasteiger partial charge in [0.2, 0.25) is 0 Å². The number of aliphatic carboxylic acids is 1. The van der Waals surface area contributed by atoms with Gasteiger partial charge in [-0.05, 0) is 38.2 Å². The Morgan fingerprint density at radius 2 is 1.45 bits per heavy atom. The SMILES string of the molecule is CCCCC(=O)CCC/C=C/C(=O)CCCCCCC(=O)O. The van der Waals surface area contributed by atoms with Crippen molar-refractivity contribution in [1.82, 2.24) is 0 Å². The van der Waals surface area contributed by atoms with E-state index >= 15 is 0 Å². The van der Waals surface area contributed by atoms with Crippen LogP contribution >= 0.6 is 0 Å². The van der Waals surface area contributed by atoms with Crippen molar-refractivity contribution in [3.63, 3.8) is 0 Å². The van der Waals surface area contributed by atoms with E-state index in [-0.39, 0.29) is 12.2 Å². The van der Waals surface area contributed by atoms with Crippen molar-refractivity contribution in [1.29, 1.82) is 0 Å². The van der Waals surface area contributed by atoms with Gasteiger partial charge in [-0.25, -0.2) is 0 Å². The van der Waals surface area contributed by atoms with Crippen LogP contribution in [0, 0.1) is 0 Å². The molecule has 0 atom stereocenters. The van der Waals surface area contributed by atoms with Gasteiger partial charge in [-0.3, -0.25) is 14.4 Å². The first-order valence-corrected chi connectivity index (χ1v) is 8.49. The van der Waals surface area contributed by atoms with Gasteiger partial charge in [-0.1, -0.05) is 32.3 Å². The molecule has 0 saturated heterocycles. The molecule has 0 aliphatic carbocycles. The topological polar surface area (TPSA) is 71.4 Å². The molecule has 0 aromatic heterocycles. The monoisotopic (exact) mass is 310 g/mol. The molecule has 0 heterocycles. The van der Waals surface area contributed by atoms with Crippen LogP contribution in [0.4, 0.5) is 0 Å². The fraction of sp³-hybridized carbons (Fsp3) is 0.722. The van der Waals surface area contributed by atoms with Gasteiger partial charge in [0.25, 0.3) is 0 Å². The van der Waals surface area contributed by atoms with Gasteiger partial charge in [0, 0.05) is 25.7 Å². The lowest BCUT2D eigenvalue weighted by Gasteiger charge is -1.99. The van der Waals surface area contributed by atoms with Crippen molar-refractivity contribution >= 4 is 17.5 Å². The number of carboxylic acid groups (broad SMARTS) is 1. The predicted octanol–water partition coefficient (Wildman–Crippen LogP) is 4.47. The van der Waals surface area contributed by atoms with E-state index in [9.17, 15) is 14.4 Å². The van der Waals surface area contributed by atoms with Crippen LogP contribution in [0.15, 0.2) is 12.2 Å². The first-order valence-electron chi connectivity index (χ1n) is 8.49. The summed E-state index contributed by atoms with van der Waals surface area (Å²) in [6.07, 6.45) is 12.4. The first kappa shape index (κ1) is 20.6. The zero-order valence-corrected chi connectivity index (χ0v) is 13.8. The summed E-state index contributed by atoms with van der Waals surface area (Å²) < 4.78 is 0. The largest absolute Gasteiger partial charge is 0.481 e. The Labute approximate surface area is 134 Å². The number of carbonyl (C=O) groups is 3. The second-order valence-electron chi connectivity index (χ2n) is 5.71. The molecule has 0 aromatic rings. The Kier molecular flexibility index (Phi) is 13.5. The highest BCUT2D eigenvalue weighted by atomic mass is 16.4. The minimum absolute atomic E-state index is 0.121. The van der Waals surface area contributed by atoms with Crippen molar-refractivity contribution in [3.05, 3.63) is 12.2 Å². The number of hydrogen-bond donors (Lipinski definition) is 1. The molecule has 0 unspecified atom stereocenters. The number of carboxylic acids is 1. The Balaban J connectivity index is 3.47. The average Bonchev–Trinajstić information content (AvgIpc) is 2.48. The molecule has 0 saturated carbocycles. The van der Waals surface area contributed by atoms with Crippen molar-refractivity contribution < 1.29 is 19.5 Å². The molecule has 0 aromatic carbocycles. The van der Waals surface area contributed by atoms with E-state index in [0.29, 0.717) is 31.5 Å². The summed E-state index contributed by atoms with van der Waals surface area (Å²) in [6, 6.07) is 0. The second kappa shape index (κ2) is 14.5. The standard InChI is InChI=1S/C18H30O4/c1-2-3-11-16(19)13-8-6-9-14-17(20)12-7-4-5-10-15-18(21)22/h9,14H,2-8,10-13,15H2,1H3,(H,21,22)/b14-9+. The van der Waals surface area contributed by atoms with E-state index in [1.54, 1.807) is 6.08 Å². The van der Waals surface area contributed by atoms with Crippen molar-refractivity contribution in [2.24, 2.45) is 0 Å². The van der Waals surface area contributed by atoms with Gasteiger partial charge in [-0.15, -0.1) is 0 Å². The third-order valence-corrected chi connectivity index (χ3v) is 3.50. The summed E-state index contributed by atoms with van der Waals surface area (Å²) in [4.78, 5) is 33.3. The van der Waals surface area contributed by atoms with Crippen LogP contribution in [-0.2, 0) is 14.4 Å². The molecule has 1 N–H and O–H groups in total. The van der Waals surface area contributed by atoms with E-state index in [1.807, 2.05) is 6.08 Å². The third-order valence-electron chi connectivity index (χ3n) is 3.50. The van der Waals surface area contributed by atoms with E-state index in [0.717, 1.165) is 44.9 Å². The summed E-state index contributed by atoms with van der Waals surface area (Å²) in [5.41, 5.74) is 0. The summed E-state index contributed by atoms with van der Waals surface area (Å²) >= 11 is 0. The Morgan fingerprint density at radius 1 is 0.818 bits per heavy atom. The lowest BCUT2D eigenvalue weighted by Crippen LogP contribution is -1.97. The third kappa shape index (κ3) is 14.9. The molecule has 0 spiro atoms. The molecule has 22 heavy (non-hydrogen) atoms. The predicted molar refractivity (Wildman–Crippen MR) is 87.9 cm³/mol. The smallest absolute Gasteiger partial charge is 0.303 e. The van der Waals surface area contributed by atoms with Gasteiger partial charge in [0.15, 0.2) is 5.78 Å². The molecular weight excluding hydrogens is 280 g/mol. The van der Waals surface area contributed by atoms with Gasteiger partial charge >= 0.3 is 5.97 Å². The molecule has 0 fully saturated rings. The maximum Gasteiger partial charge on any atom is 0.303 e. The number of rotatable bonds is 15. The van der Waals surface area contributed by atoms with Crippen LogP contribution < -0.4 is 0 Å². The fourth-order valence-corrected chi connectivity index (χ4v) is 2.14. The van der Waals surface area contributed by atoms with Crippen LogP contribution in [-0.4, -0.2) is 22.6 Å². The zero-order valence-electron chi connectivity index (χ0n) is 13.8. The van der Waals surface area contributed by atoms with Crippen molar-refractivity contribution in [2.45, 2.75) is 84.0 Å². The number of hydrogen-bond acceptors (Lipinski definition) is 3. The highest BCUT2D eigenvalue weighted by molar-refractivity contribution is 5.89. The van der Waals surface area contributed by atoms with Crippen molar-refractivity contribution in [3.8, 4) is 0 Å². The lowest BCUT2D eigenvalue weighted by atomic mass is 10.1. The molecule has 0 bridgehead atoms. The molecular formula is C18H30O4. The second-order valence-corrected chi connectivity index (χ2v) is 5.71. The number of Topliss-reactive ketones (excluding diaryl/α,β-unsaturated/α-hetero) is 1. The van der Waals surface area contributed by atoms with E-state index in [4.69, 9.17) is 5.11 Å². The molecule has 4 heteroatoms. The van der Waals surface area contributed by atoms with E-state index in [1.165, 1.54) is 0 Å². The highest BCUT2D eigenvalue weighted by Gasteiger charge is 2.01. The number of allylic oxidation sites excluding steroid dienone is 2. The Bertz CT molecular complexity index is 358. The Morgan fingerprint density at radius 3 is 2.09 bits per heavy atom. The maximum absolute atomic E-state index is 11.6. The summed E-state index contributed by atoms with van der Waals surface area (Å²) in [5.74, 6) is -0.314. The van der Waals surface area contributed by atoms with Gasteiger partial charge in [0.05, 0.1) is 0 Å². The number of carbonyl (C=O) groups excluding carboxylic acids is 2. The molecule has 0 amide bonds. The first-order chi connectivity index (χ1) is 10.6. The molecule has 0 rings (SSSR count). The quantitative estimate of drug-likeness (QED) is 0.358. The summed E-state index contributed by atoms with van der Waals surface area (Å²) in [6.45, 7) is 2.08. The number of unbranched alkanes of at least 4 members (excludes halogenated alkanes) is 5. The molecule has 4 nitrogen and oxygen atoms in total. The normalized spacial score (nSPS) is 11.0. The zero-order chi connectivity index (χ0) is 16.6. The van der Waals surface area contributed by atoms with E-state index < -0.39 is 5.97 Å². The molecule has 0 aliphatic heterocycles. The van der Waals surface area contributed by atoms with E-state index in [2.05, 4.69) is 6.92 Å². The molecule has 0 radical (unpaired) electrons. The molecule has 126 valence electrons. The van der Waals surface area contributed by atoms with Gasteiger partial charge < -0.3 is 5.11 Å². The van der Waals surface area contributed by atoms with Gasteiger partial charge in [0.1, 0.15) is 5.78 Å². The minimum atomic E-state index is -0.757. The minimum Gasteiger partial charge on any atom is -0.481 e. The molecule has 0 aliphatic rings. The van der Waals surface area contributed by atoms with Crippen LogP contribution in [0.3, 0.4) is 0 Å². The van der Waals surface area contributed by atoms with Crippen LogP contribution in [0.5, 0.6) is 0 Å². The Hall–Kier alpha value is -1.45. The van der Waals surface area contributed by atoms with Gasteiger partial charge in [-0.2, -0.15) is 0 Å². The fourth-order valence-electron chi connectivity index (χ4n) is 2.14. The highest BCUT2D eigenvalue weighted by Crippen LogP contribution is 2.07. The maximum atomic E-state index is 11.6. The van der Waals surface area contributed by atoms with Crippen LogP contribution in [0.2, 0.25) is 0 Å². The van der Waals surface area contributed by atoms with Crippen LogP contribution in [0.1, 0.15) is 84.0 Å². The van der Waals surface area contributed by atoms with Crippen LogP contribution in [0.25, 0.3) is 0 Å². The lowest BCUT2D eigenvalue weighted by molar-refractivity contribution is -0.137. The summed E-state index contributed by atoms with van der Waals surface area (Å²) in [7, 11) is 0. The average molecular weight is 310 g/mol. The van der Waals surface area contributed by atoms with Crippen molar-refractivity contribution in [2.75, 3.05) is 0 Å².